The summed E-state index contributed by atoms with van der Waals surface area (Å²) in [5.74, 6) is 0. The van der Waals surface area contributed by atoms with E-state index < -0.39 is 8.25 Å². The maximum Gasteiger partial charge on any atom is 0.314 e. The second-order valence-corrected chi connectivity index (χ2v) is 3.47. The Morgan fingerprint density at radius 1 is 1.31 bits per heavy atom. The first kappa shape index (κ1) is 15.5. The van der Waals surface area contributed by atoms with Crippen molar-refractivity contribution in [3.63, 3.8) is 0 Å². The molecule has 5 nitrogen and oxygen atoms in total. The minimum atomic E-state index is -3.13. The number of hydrogen-bond donors (Lipinski definition) is 4. The fourth-order valence-corrected chi connectivity index (χ4v) is 0.250. The first-order valence-corrected chi connectivity index (χ1v) is 5.68. The van der Waals surface area contributed by atoms with Gasteiger partial charge in [-0.1, -0.05) is 25.7 Å². The topological polar surface area (TPSA) is 110 Å². The van der Waals surface area contributed by atoms with Crippen LogP contribution in [0.2, 0.25) is 0 Å². The van der Waals surface area contributed by atoms with E-state index in [-0.39, 0.29) is 6.04 Å². The predicted molar refractivity (Wildman–Crippen MR) is 54.6 cm³/mol. The van der Waals surface area contributed by atoms with E-state index in [9.17, 15) is 0 Å². The number of hydrogen-bond acceptors (Lipinski definition) is 3. The molecule has 1 aliphatic carbocycles. The van der Waals surface area contributed by atoms with Gasteiger partial charge >= 0.3 is 8.25 Å². The van der Waals surface area contributed by atoms with Crippen LogP contribution in [0.25, 0.3) is 0 Å². The van der Waals surface area contributed by atoms with Gasteiger partial charge in [-0.15, -0.1) is 0 Å². The van der Waals surface area contributed by atoms with Crippen molar-refractivity contribution in [1.82, 2.24) is 0 Å². The van der Waals surface area contributed by atoms with Gasteiger partial charge in [0.15, 0.2) is 0 Å². The molecule has 0 heterocycles. The Balaban J connectivity index is 0. The molecule has 0 aromatic rings. The van der Waals surface area contributed by atoms with Crippen molar-refractivity contribution in [3.8, 4) is 0 Å². The average Bonchev–Trinajstić information content (AvgIpc) is 1.82. The Morgan fingerprint density at radius 3 is 1.46 bits per heavy atom. The van der Waals surface area contributed by atoms with Gasteiger partial charge in [-0.3, -0.25) is 4.57 Å². The fraction of sp³-hybridized carbons (Fsp3) is 1.00. The summed E-state index contributed by atoms with van der Waals surface area (Å²) in [7, 11) is -3.13. The van der Waals surface area contributed by atoms with Crippen molar-refractivity contribution in [2.24, 2.45) is 11.5 Å². The van der Waals surface area contributed by atoms with Gasteiger partial charge in [-0.2, -0.15) is 0 Å². The normalized spacial score (nSPS) is 15.8. The van der Waals surface area contributed by atoms with Crippen LogP contribution in [0, 0.1) is 0 Å². The SMILES string of the molecule is C1CCC1.CC(N)CN.O=[PH](O)O. The van der Waals surface area contributed by atoms with Crippen LogP contribution in [0.15, 0.2) is 0 Å². The zero-order valence-corrected chi connectivity index (χ0v) is 9.07. The number of rotatable bonds is 1. The molecule has 0 spiro atoms. The molecule has 82 valence electrons. The van der Waals surface area contributed by atoms with Gasteiger partial charge in [0.1, 0.15) is 0 Å². The molecule has 1 fully saturated rings. The van der Waals surface area contributed by atoms with Crippen molar-refractivity contribution in [2.45, 2.75) is 38.6 Å². The molecule has 6 heteroatoms. The Bertz CT molecular complexity index is 110. The van der Waals surface area contributed by atoms with Gasteiger partial charge in [0.05, 0.1) is 0 Å². The maximum atomic E-state index is 8.74. The summed E-state index contributed by atoms with van der Waals surface area (Å²) < 4.78 is 8.74. The molecule has 0 aromatic heterocycles. The van der Waals surface area contributed by atoms with Crippen LogP contribution in [0.1, 0.15) is 32.6 Å². The fourth-order valence-electron chi connectivity index (χ4n) is 0.250. The molecule has 1 aliphatic rings. The first-order chi connectivity index (χ1) is 6.00. The van der Waals surface area contributed by atoms with Crippen LogP contribution < -0.4 is 11.5 Å². The van der Waals surface area contributed by atoms with Crippen molar-refractivity contribution in [1.29, 1.82) is 0 Å². The molecule has 6 N–H and O–H groups in total. The third-order valence-corrected chi connectivity index (χ3v) is 1.37. The predicted octanol–water partition coefficient (Wildman–Crippen LogP) is 0.213. The third-order valence-electron chi connectivity index (χ3n) is 1.37. The minimum absolute atomic E-state index is 0.162. The lowest BCUT2D eigenvalue weighted by Crippen LogP contribution is -2.25. The van der Waals surface area contributed by atoms with Gasteiger partial charge in [0.2, 0.25) is 0 Å². The molecule has 1 unspecified atom stereocenters. The van der Waals surface area contributed by atoms with E-state index in [0.717, 1.165) is 0 Å². The van der Waals surface area contributed by atoms with Gasteiger partial charge in [-0.25, -0.2) is 0 Å². The quantitative estimate of drug-likeness (QED) is 0.464. The maximum absolute atomic E-state index is 8.74. The highest BCUT2D eigenvalue weighted by molar-refractivity contribution is 7.30. The molecule has 0 radical (unpaired) electrons. The molecule has 0 amide bonds. The molecule has 0 aromatic carbocycles. The van der Waals surface area contributed by atoms with Crippen LogP contribution in [-0.2, 0) is 4.57 Å². The zero-order chi connectivity index (χ0) is 10.7. The lowest BCUT2D eigenvalue weighted by atomic mass is 10.0. The molecule has 0 saturated heterocycles. The van der Waals surface area contributed by atoms with E-state index in [1.54, 1.807) is 0 Å². The van der Waals surface area contributed by atoms with E-state index in [1.165, 1.54) is 25.7 Å². The molecule has 0 bridgehead atoms. The molecule has 1 rings (SSSR count). The van der Waals surface area contributed by atoms with Crippen LogP contribution in [0.5, 0.6) is 0 Å². The van der Waals surface area contributed by atoms with Crippen LogP contribution in [0.3, 0.4) is 0 Å². The van der Waals surface area contributed by atoms with E-state index in [0.29, 0.717) is 6.54 Å². The summed E-state index contributed by atoms with van der Waals surface area (Å²) in [6.07, 6.45) is 6.00. The lowest BCUT2D eigenvalue weighted by molar-refractivity contribution is 0.405. The van der Waals surface area contributed by atoms with Crippen LogP contribution in [0.4, 0.5) is 0 Å². The van der Waals surface area contributed by atoms with Gasteiger partial charge in [0.25, 0.3) is 0 Å². The standard InChI is InChI=1S/C4H8.C3H10N2.H3O3P/c1-2-4-3-1;1-3(5)2-4;1-4(2)3/h1-4H2;3H,2,4-5H2,1H3;4H,(H2,1,2,3). The van der Waals surface area contributed by atoms with Gasteiger partial charge in [-0.05, 0) is 6.92 Å². The first-order valence-electron chi connectivity index (χ1n) is 4.38. The van der Waals surface area contributed by atoms with Crippen molar-refractivity contribution >= 4 is 8.25 Å². The zero-order valence-electron chi connectivity index (χ0n) is 8.07. The Morgan fingerprint density at radius 2 is 1.46 bits per heavy atom. The molecule has 1 saturated carbocycles. The summed E-state index contributed by atoms with van der Waals surface area (Å²) >= 11 is 0. The molecular formula is C7H21N2O3P. The van der Waals surface area contributed by atoms with Crippen molar-refractivity contribution < 1.29 is 14.4 Å². The summed E-state index contributed by atoms with van der Waals surface area (Å²) in [5, 5.41) is 0. The minimum Gasteiger partial charge on any atom is -0.329 e. The van der Waals surface area contributed by atoms with Crippen molar-refractivity contribution in [2.75, 3.05) is 6.54 Å². The smallest absolute Gasteiger partial charge is 0.314 e. The van der Waals surface area contributed by atoms with E-state index in [2.05, 4.69) is 0 Å². The summed E-state index contributed by atoms with van der Waals surface area (Å²) in [6, 6.07) is 0.162. The highest BCUT2D eigenvalue weighted by atomic mass is 31.1. The molecule has 1 atom stereocenters. The Labute approximate surface area is 80.1 Å². The largest absolute Gasteiger partial charge is 0.329 e. The average molecular weight is 212 g/mol. The van der Waals surface area contributed by atoms with Gasteiger partial charge < -0.3 is 21.3 Å². The molecule has 13 heavy (non-hydrogen) atoms. The number of nitrogens with two attached hydrogens (primary N) is 2. The Hall–Kier alpha value is 0.0700. The highest BCUT2D eigenvalue weighted by Crippen LogP contribution is 2.15. The third kappa shape index (κ3) is 33.2. The summed E-state index contributed by atoms with van der Waals surface area (Å²) in [5.41, 5.74) is 10.2. The molecule has 0 aliphatic heterocycles. The summed E-state index contributed by atoms with van der Waals surface area (Å²) in [4.78, 5) is 14.3. The van der Waals surface area contributed by atoms with E-state index in [1.807, 2.05) is 6.92 Å². The monoisotopic (exact) mass is 212 g/mol. The van der Waals surface area contributed by atoms with Gasteiger partial charge in [0, 0.05) is 12.6 Å². The second kappa shape index (κ2) is 12.1. The lowest BCUT2D eigenvalue weighted by Gasteiger charge is -2.05. The Kier molecular flexibility index (Phi) is 14.4. The van der Waals surface area contributed by atoms with E-state index >= 15 is 0 Å². The highest BCUT2D eigenvalue weighted by Gasteiger charge is 1.95. The van der Waals surface area contributed by atoms with Crippen LogP contribution >= 0.6 is 8.25 Å². The van der Waals surface area contributed by atoms with Crippen LogP contribution in [-0.4, -0.2) is 22.4 Å². The van der Waals surface area contributed by atoms with Crippen molar-refractivity contribution in [3.05, 3.63) is 0 Å². The summed E-state index contributed by atoms with van der Waals surface area (Å²) in [6.45, 7) is 2.46. The van der Waals surface area contributed by atoms with E-state index in [4.69, 9.17) is 25.8 Å². The molecular weight excluding hydrogens is 191 g/mol. The second-order valence-electron chi connectivity index (χ2n) is 2.91.